The Labute approximate surface area is 131 Å². The fraction of sp³-hybridized carbons (Fsp3) is 0.471. The van der Waals surface area contributed by atoms with E-state index < -0.39 is 0 Å². The van der Waals surface area contributed by atoms with Gasteiger partial charge in [-0.3, -0.25) is 0 Å². The highest BCUT2D eigenvalue weighted by Gasteiger charge is 2.18. The van der Waals surface area contributed by atoms with Crippen LogP contribution in [-0.2, 0) is 6.42 Å². The highest BCUT2D eigenvalue weighted by Crippen LogP contribution is 2.28. The predicted octanol–water partition coefficient (Wildman–Crippen LogP) is 3.79. The number of thiazole rings is 1. The molecule has 1 aromatic heterocycles. The van der Waals surface area contributed by atoms with E-state index in [0.717, 1.165) is 12.1 Å². The van der Waals surface area contributed by atoms with Gasteiger partial charge in [-0.05, 0) is 32.3 Å². The van der Waals surface area contributed by atoms with Crippen LogP contribution in [0.5, 0.6) is 0 Å². The van der Waals surface area contributed by atoms with Crippen molar-refractivity contribution in [3.05, 3.63) is 51.5 Å². The molecular weight excluding hydrogens is 280 g/mol. The Balaban J connectivity index is 2.14. The summed E-state index contributed by atoms with van der Waals surface area (Å²) in [4.78, 5) is 5.90. The molecule has 21 heavy (non-hydrogen) atoms. The lowest BCUT2D eigenvalue weighted by Crippen LogP contribution is -2.25. The van der Waals surface area contributed by atoms with E-state index in [-0.39, 0.29) is 18.7 Å². The van der Waals surface area contributed by atoms with Gasteiger partial charge in [0.15, 0.2) is 0 Å². The molecule has 0 bridgehead atoms. The summed E-state index contributed by atoms with van der Waals surface area (Å²) in [7, 11) is 0. The first-order valence-corrected chi connectivity index (χ1v) is 8.35. The maximum Gasteiger partial charge on any atom is 0.0928 e. The third-order valence-corrected chi connectivity index (χ3v) is 5.13. The minimum atomic E-state index is 0.165. The van der Waals surface area contributed by atoms with Crippen molar-refractivity contribution in [1.82, 2.24) is 10.3 Å². The Morgan fingerprint density at radius 3 is 2.57 bits per heavy atom. The van der Waals surface area contributed by atoms with Gasteiger partial charge in [-0.25, -0.2) is 4.98 Å². The number of aliphatic hydroxyl groups is 1. The summed E-state index contributed by atoms with van der Waals surface area (Å²) in [6, 6.07) is 10.7. The number of nitrogens with zero attached hydrogens (tertiary/aromatic N) is 1. The first kappa shape index (κ1) is 16.1. The first-order valence-electron chi connectivity index (χ1n) is 7.53. The minimum Gasteiger partial charge on any atom is -0.396 e. The van der Waals surface area contributed by atoms with E-state index in [1.807, 2.05) is 18.2 Å². The fourth-order valence-corrected chi connectivity index (χ4v) is 3.58. The Bertz CT molecular complexity index is 553. The van der Waals surface area contributed by atoms with Crippen LogP contribution in [0.2, 0.25) is 0 Å². The highest BCUT2D eigenvalue weighted by atomic mass is 32.1. The molecule has 4 heteroatoms. The van der Waals surface area contributed by atoms with Gasteiger partial charge in [-0.1, -0.05) is 37.3 Å². The number of nitrogens with one attached hydrogen (secondary N) is 1. The van der Waals surface area contributed by atoms with Crippen LogP contribution in [0.15, 0.2) is 30.3 Å². The summed E-state index contributed by atoms with van der Waals surface area (Å²) in [5.41, 5.74) is 2.34. The molecule has 0 amide bonds. The number of hydrogen-bond acceptors (Lipinski definition) is 4. The number of aryl methyl sites for hydroxylation is 2. The SMILES string of the molecule is CCc1nc(C)c(C(C)N[C@H](CCO)c2ccccc2)s1. The number of aromatic nitrogens is 1. The van der Waals surface area contributed by atoms with Crippen molar-refractivity contribution in [2.24, 2.45) is 0 Å². The largest absolute Gasteiger partial charge is 0.396 e. The molecule has 3 nitrogen and oxygen atoms in total. The molecule has 0 aliphatic carbocycles. The molecule has 0 aliphatic rings. The van der Waals surface area contributed by atoms with Crippen LogP contribution in [-0.4, -0.2) is 16.7 Å². The molecule has 114 valence electrons. The van der Waals surface area contributed by atoms with Crippen LogP contribution in [0.3, 0.4) is 0 Å². The van der Waals surface area contributed by atoms with Crippen LogP contribution in [0.1, 0.15) is 53.5 Å². The van der Waals surface area contributed by atoms with Gasteiger partial charge in [0.05, 0.1) is 10.7 Å². The third-order valence-electron chi connectivity index (χ3n) is 3.64. The van der Waals surface area contributed by atoms with E-state index >= 15 is 0 Å². The second-order valence-electron chi connectivity index (χ2n) is 5.27. The molecule has 2 atom stereocenters. The molecule has 0 saturated heterocycles. The molecule has 1 aromatic carbocycles. The molecule has 0 spiro atoms. The summed E-state index contributed by atoms with van der Waals surface area (Å²) in [6.07, 6.45) is 1.70. The average Bonchev–Trinajstić information content (AvgIpc) is 2.89. The van der Waals surface area contributed by atoms with Gasteiger partial charge in [-0.2, -0.15) is 0 Å². The van der Waals surface area contributed by atoms with E-state index in [9.17, 15) is 5.11 Å². The number of hydrogen-bond donors (Lipinski definition) is 2. The van der Waals surface area contributed by atoms with Crippen LogP contribution in [0, 0.1) is 6.92 Å². The van der Waals surface area contributed by atoms with Crippen molar-refractivity contribution < 1.29 is 5.11 Å². The minimum absolute atomic E-state index is 0.165. The quantitative estimate of drug-likeness (QED) is 0.818. The molecule has 0 radical (unpaired) electrons. The van der Waals surface area contributed by atoms with Crippen molar-refractivity contribution in [2.75, 3.05) is 6.61 Å². The standard InChI is InChI=1S/C17H24N2OS/c1-4-16-19-13(3)17(21-16)12(2)18-15(10-11-20)14-8-6-5-7-9-14/h5-9,12,15,18,20H,4,10-11H2,1-3H3/t12?,15-/m1/s1. The van der Waals surface area contributed by atoms with E-state index in [4.69, 9.17) is 0 Å². The van der Waals surface area contributed by atoms with Gasteiger partial charge in [0.25, 0.3) is 0 Å². The molecule has 1 unspecified atom stereocenters. The third kappa shape index (κ3) is 4.13. The lowest BCUT2D eigenvalue weighted by molar-refractivity contribution is 0.260. The van der Waals surface area contributed by atoms with E-state index in [1.165, 1.54) is 15.4 Å². The van der Waals surface area contributed by atoms with Crippen molar-refractivity contribution >= 4 is 11.3 Å². The molecule has 2 aromatic rings. The smallest absolute Gasteiger partial charge is 0.0928 e. The van der Waals surface area contributed by atoms with Gasteiger partial charge in [0, 0.05) is 23.6 Å². The summed E-state index contributed by atoms with van der Waals surface area (Å²) in [6.45, 7) is 6.57. The maximum atomic E-state index is 9.33. The second-order valence-corrected chi connectivity index (χ2v) is 6.39. The Kier molecular flexibility index (Phi) is 5.91. The molecular formula is C17H24N2OS. The zero-order valence-corrected chi connectivity index (χ0v) is 13.8. The average molecular weight is 304 g/mol. The lowest BCUT2D eigenvalue weighted by Gasteiger charge is -2.23. The Morgan fingerprint density at radius 2 is 2.00 bits per heavy atom. The monoisotopic (exact) mass is 304 g/mol. The zero-order valence-electron chi connectivity index (χ0n) is 13.0. The number of benzene rings is 1. The normalized spacial score (nSPS) is 14.1. The Morgan fingerprint density at radius 1 is 1.29 bits per heavy atom. The summed E-state index contributed by atoms with van der Waals surface area (Å²) in [5.74, 6) is 0. The number of aliphatic hydroxyl groups excluding tert-OH is 1. The van der Waals surface area contributed by atoms with Gasteiger partial charge in [0.2, 0.25) is 0 Å². The highest BCUT2D eigenvalue weighted by molar-refractivity contribution is 7.11. The summed E-state index contributed by atoms with van der Waals surface area (Å²) < 4.78 is 0. The summed E-state index contributed by atoms with van der Waals surface area (Å²) in [5, 5.41) is 14.2. The molecule has 2 rings (SSSR count). The topological polar surface area (TPSA) is 45.2 Å². The van der Waals surface area contributed by atoms with Crippen molar-refractivity contribution in [3.63, 3.8) is 0 Å². The first-order chi connectivity index (χ1) is 10.2. The van der Waals surface area contributed by atoms with Gasteiger partial charge >= 0.3 is 0 Å². The van der Waals surface area contributed by atoms with Crippen molar-refractivity contribution in [1.29, 1.82) is 0 Å². The van der Waals surface area contributed by atoms with Crippen molar-refractivity contribution in [3.8, 4) is 0 Å². The zero-order chi connectivity index (χ0) is 15.2. The summed E-state index contributed by atoms with van der Waals surface area (Å²) >= 11 is 1.79. The molecule has 0 fully saturated rings. The van der Waals surface area contributed by atoms with Crippen LogP contribution in [0.25, 0.3) is 0 Å². The molecule has 2 N–H and O–H groups in total. The molecule has 0 saturated carbocycles. The second kappa shape index (κ2) is 7.69. The van der Waals surface area contributed by atoms with Gasteiger partial charge in [0.1, 0.15) is 0 Å². The van der Waals surface area contributed by atoms with E-state index in [2.05, 4.69) is 43.2 Å². The van der Waals surface area contributed by atoms with Crippen LogP contribution < -0.4 is 5.32 Å². The predicted molar refractivity (Wildman–Crippen MR) is 88.7 cm³/mol. The Hall–Kier alpha value is -1.23. The number of rotatable bonds is 7. The molecule has 1 heterocycles. The van der Waals surface area contributed by atoms with Crippen LogP contribution >= 0.6 is 11.3 Å². The van der Waals surface area contributed by atoms with E-state index in [0.29, 0.717) is 6.42 Å². The van der Waals surface area contributed by atoms with E-state index in [1.54, 1.807) is 11.3 Å². The lowest BCUT2D eigenvalue weighted by atomic mass is 10.0. The fourth-order valence-electron chi connectivity index (χ4n) is 2.56. The van der Waals surface area contributed by atoms with Crippen LogP contribution in [0.4, 0.5) is 0 Å². The maximum absolute atomic E-state index is 9.33. The van der Waals surface area contributed by atoms with Gasteiger partial charge in [-0.15, -0.1) is 11.3 Å². The van der Waals surface area contributed by atoms with Crippen molar-refractivity contribution in [2.45, 2.75) is 45.7 Å². The molecule has 0 aliphatic heterocycles. The van der Waals surface area contributed by atoms with Gasteiger partial charge < -0.3 is 10.4 Å².